The molecule has 1 N–H and O–H groups in total. The van der Waals surface area contributed by atoms with Crippen LogP contribution < -0.4 is 4.74 Å². The molecule has 0 aliphatic rings. The van der Waals surface area contributed by atoms with Crippen LogP contribution in [-0.4, -0.2) is 27.5 Å². The van der Waals surface area contributed by atoms with Crippen LogP contribution in [0.1, 0.15) is 24.2 Å². The summed E-state index contributed by atoms with van der Waals surface area (Å²) >= 11 is 0. The van der Waals surface area contributed by atoms with E-state index < -0.39 is 5.97 Å². The molecule has 78 valence electrons. The number of carboxylic acids is 1. The Morgan fingerprint density at radius 2 is 2.36 bits per heavy atom. The molecule has 1 aromatic rings. The van der Waals surface area contributed by atoms with Gasteiger partial charge in [0, 0.05) is 13.2 Å². The molecule has 0 bridgehead atoms. The van der Waals surface area contributed by atoms with E-state index in [0.717, 1.165) is 0 Å². The van der Waals surface area contributed by atoms with Crippen LogP contribution in [0.4, 0.5) is 0 Å². The quantitative estimate of drug-likeness (QED) is 0.788. The molecule has 0 atom stereocenters. The minimum atomic E-state index is -1.02. The molecule has 0 unspecified atom stereocenters. The number of carboxylic acid groups (broad SMARTS) is 1. The molecule has 0 aliphatic carbocycles. The zero-order chi connectivity index (χ0) is 10.7. The molecule has 14 heavy (non-hydrogen) atoms. The van der Waals surface area contributed by atoms with Crippen molar-refractivity contribution in [2.75, 3.05) is 6.61 Å². The van der Waals surface area contributed by atoms with Crippen molar-refractivity contribution in [3.63, 3.8) is 0 Å². The molecule has 0 aromatic carbocycles. The molecule has 1 aromatic heterocycles. The predicted octanol–water partition coefficient (Wildman–Crippen LogP) is 1.15. The summed E-state index contributed by atoms with van der Waals surface area (Å²) < 4.78 is 6.70. The number of nitrogens with zero attached hydrogens (tertiary/aromatic N) is 2. The highest BCUT2D eigenvalue weighted by atomic mass is 16.5. The topological polar surface area (TPSA) is 64.4 Å². The summed E-state index contributed by atoms with van der Waals surface area (Å²) in [6.45, 7) is 4.45. The van der Waals surface area contributed by atoms with Gasteiger partial charge in [0.05, 0.1) is 6.61 Å². The smallest absolute Gasteiger partial charge is 0.342 e. The summed E-state index contributed by atoms with van der Waals surface area (Å²) in [4.78, 5) is 10.7. The fraction of sp³-hybridized carbons (Fsp3) is 0.556. The van der Waals surface area contributed by atoms with E-state index >= 15 is 0 Å². The van der Waals surface area contributed by atoms with Crippen molar-refractivity contribution < 1.29 is 14.6 Å². The van der Waals surface area contributed by atoms with Crippen molar-refractivity contribution >= 4 is 5.97 Å². The highest BCUT2D eigenvalue weighted by molar-refractivity contribution is 5.89. The van der Waals surface area contributed by atoms with Gasteiger partial charge < -0.3 is 9.84 Å². The van der Waals surface area contributed by atoms with Crippen LogP contribution in [0.5, 0.6) is 5.88 Å². The van der Waals surface area contributed by atoms with Crippen molar-refractivity contribution in [3.8, 4) is 5.88 Å². The molecular weight excluding hydrogens is 184 g/mol. The number of hydrogen-bond donors (Lipinski definition) is 1. The fourth-order valence-corrected chi connectivity index (χ4v) is 0.967. The van der Waals surface area contributed by atoms with E-state index in [2.05, 4.69) is 5.10 Å². The number of hydrogen-bond acceptors (Lipinski definition) is 3. The third-order valence-corrected chi connectivity index (χ3v) is 1.58. The molecule has 0 amide bonds. The van der Waals surface area contributed by atoms with Gasteiger partial charge >= 0.3 is 5.97 Å². The van der Waals surface area contributed by atoms with Crippen LogP contribution in [0.2, 0.25) is 0 Å². The van der Waals surface area contributed by atoms with E-state index in [9.17, 15) is 4.79 Å². The number of carbonyl (C=O) groups is 1. The van der Waals surface area contributed by atoms with Gasteiger partial charge in [-0.2, -0.15) is 0 Å². The predicted molar refractivity (Wildman–Crippen MR) is 50.5 cm³/mol. The second kappa shape index (κ2) is 4.13. The van der Waals surface area contributed by atoms with Crippen molar-refractivity contribution in [3.05, 3.63) is 11.8 Å². The van der Waals surface area contributed by atoms with Gasteiger partial charge in [-0.25, -0.2) is 4.79 Å². The van der Waals surface area contributed by atoms with E-state index in [-0.39, 0.29) is 11.4 Å². The zero-order valence-corrected chi connectivity index (χ0v) is 8.52. The lowest BCUT2D eigenvalue weighted by molar-refractivity contribution is 0.0691. The van der Waals surface area contributed by atoms with Crippen molar-refractivity contribution in [1.82, 2.24) is 9.78 Å². The Morgan fingerprint density at radius 3 is 2.86 bits per heavy atom. The van der Waals surface area contributed by atoms with E-state index in [4.69, 9.17) is 9.84 Å². The average Bonchev–Trinajstić information content (AvgIpc) is 2.43. The summed E-state index contributed by atoms with van der Waals surface area (Å²) in [6, 6.07) is 0. The lowest BCUT2D eigenvalue weighted by atomic mass is 10.2. The normalized spacial score (nSPS) is 10.6. The molecular formula is C9H14N2O3. The number of aryl methyl sites for hydroxylation is 1. The Balaban J connectivity index is 2.79. The maximum atomic E-state index is 10.7. The summed E-state index contributed by atoms with van der Waals surface area (Å²) in [5.41, 5.74) is 0.105. The first-order valence-electron chi connectivity index (χ1n) is 4.40. The Morgan fingerprint density at radius 1 is 1.71 bits per heavy atom. The fourth-order valence-electron chi connectivity index (χ4n) is 0.967. The van der Waals surface area contributed by atoms with Gasteiger partial charge in [-0.1, -0.05) is 13.8 Å². The highest BCUT2D eigenvalue weighted by Crippen LogP contribution is 2.15. The molecule has 0 spiro atoms. The van der Waals surface area contributed by atoms with Gasteiger partial charge in [-0.05, 0) is 5.92 Å². The van der Waals surface area contributed by atoms with Crippen LogP contribution >= 0.6 is 0 Å². The van der Waals surface area contributed by atoms with Crippen molar-refractivity contribution in [1.29, 1.82) is 0 Å². The molecule has 0 saturated carbocycles. The van der Waals surface area contributed by atoms with E-state index in [1.807, 2.05) is 13.8 Å². The van der Waals surface area contributed by atoms with Crippen LogP contribution in [0.25, 0.3) is 0 Å². The number of aromatic nitrogens is 2. The molecule has 5 nitrogen and oxygen atoms in total. The number of rotatable bonds is 4. The first-order chi connectivity index (χ1) is 6.50. The Labute approximate surface area is 82.3 Å². The SMILES string of the molecule is CC(C)COc1nn(C)cc1C(=O)O. The van der Waals surface area contributed by atoms with E-state index in [1.54, 1.807) is 7.05 Å². The summed E-state index contributed by atoms with van der Waals surface area (Å²) in [6.07, 6.45) is 1.43. The van der Waals surface area contributed by atoms with Gasteiger partial charge in [0.1, 0.15) is 5.56 Å². The van der Waals surface area contributed by atoms with Crippen molar-refractivity contribution in [2.45, 2.75) is 13.8 Å². The standard InChI is InChI=1S/C9H14N2O3/c1-6(2)5-14-8-7(9(12)13)4-11(3)10-8/h4,6H,5H2,1-3H3,(H,12,13). The number of ether oxygens (including phenoxy) is 1. The second-order valence-electron chi connectivity index (χ2n) is 3.53. The lowest BCUT2D eigenvalue weighted by Gasteiger charge is -2.05. The van der Waals surface area contributed by atoms with Crippen molar-refractivity contribution in [2.24, 2.45) is 13.0 Å². The third kappa shape index (κ3) is 2.48. The van der Waals surface area contributed by atoms with Crippen LogP contribution in [0.15, 0.2) is 6.20 Å². The summed E-state index contributed by atoms with van der Waals surface area (Å²) in [7, 11) is 1.66. The molecule has 1 rings (SSSR count). The first-order valence-corrected chi connectivity index (χ1v) is 4.40. The largest absolute Gasteiger partial charge is 0.477 e. The molecule has 0 radical (unpaired) electrons. The van der Waals surface area contributed by atoms with Gasteiger partial charge in [0.15, 0.2) is 0 Å². The maximum Gasteiger partial charge on any atom is 0.342 e. The number of aromatic carboxylic acids is 1. The van der Waals surface area contributed by atoms with Gasteiger partial charge in [-0.15, -0.1) is 5.10 Å². The van der Waals surface area contributed by atoms with Crippen LogP contribution in [0.3, 0.4) is 0 Å². The third-order valence-electron chi connectivity index (χ3n) is 1.58. The molecule has 5 heteroatoms. The molecule has 0 saturated heterocycles. The lowest BCUT2D eigenvalue weighted by Crippen LogP contribution is -2.07. The highest BCUT2D eigenvalue weighted by Gasteiger charge is 2.15. The van der Waals surface area contributed by atoms with Crippen LogP contribution in [0, 0.1) is 5.92 Å². The molecule has 1 heterocycles. The zero-order valence-electron chi connectivity index (χ0n) is 8.52. The maximum absolute atomic E-state index is 10.7. The van der Waals surface area contributed by atoms with E-state index in [0.29, 0.717) is 12.5 Å². The summed E-state index contributed by atoms with van der Waals surface area (Å²) in [5, 5.41) is 12.7. The molecule has 0 fully saturated rings. The first kappa shape index (κ1) is 10.6. The minimum Gasteiger partial charge on any atom is -0.477 e. The Kier molecular flexibility index (Phi) is 3.11. The summed E-state index contributed by atoms with van der Waals surface area (Å²) in [5.74, 6) is -0.482. The van der Waals surface area contributed by atoms with Gasteiger partial charge in [0.25, 0.3) is 0 Å². The molecule has 0 aliphatic heterocycles. The van der Waals surface area contributed by atoms with Gasteiger partial charge in [-0.3, -0.25) is 4.68 Å². The Bertz CT molecular complexity index is 331. The minimum absolute atomic E-state index is 0.105. The monoisotopic (exact) mass is 198 g/mol. The Hall–Kier alpha value is -1.52. The van der Waals surface area contributed by atoms with Gasteiger partial charge in [0.2, 0.25) is 5.88 Å². The second-order valence-corrected chi connectivity index (χ2v) is 3.53. The van der Waals surface area contributed by atoms with Crippen LogP contribution in [-0.2, 0) is 7.05 Å². The average molecular weight is 198 g/mol. The van der Waals surface area contributed by atoms with E-state index in [1.165, 1.54) is 10.9 Å².